The van der Waals surface area contributed by atoms with E-state index in [-0.39, 0.29) is 6.04 Å². The van der Waals surface area contributed by atoms with Crippen LogP contribution in [0.5, 0.6) is 11.5 Å². The molecule has 0 aliphatic heterocycles. The molecule has 0 saturated heterocycles. The number of furan rings is 1. The number of nitrogens with one attached hydrogen (secondary N) is 1. The average molecular weight is 389 g/mol. The van der Waals surface area contributed by atoms with Crippen LogP contribution in [0.3, 0.4) is 0 Å². The van der Waals surface area contributed by atoms with Crippen molar-refractivity contribution >= 4 is 5.96 Å². The van der Waals surface area contributed by atoms with E-state index in [1.807, 2.05) is 30.3 Å². The van der Waals surface area contributed by atoms with E-state index in [0.29, 0.717) is 19.0 Å². The summed E-state index contributed by atoms with van der Waals surface area (Å²) in [6, 6.07) is 9.87. The maximum Gasteiger partial charge on any atom is 0.188 e. The van der Waals surface area contributed by atoms with E-state index >= 15 is 0 Å². The number of methoxy groups -OCH3 is 2. The highest BCUT2D eigenvalue weighted by atomic mass is 16.5. The lowest BCUT2D eigenvalue weighted by Gasteiger charge is -2.26. The van der Waals surface area contributed by atoms with Gasteiger partial charge in [-0.25, -0.2) is 0 Å². The van der Waals surface area contributed by atoms with Crippen molar-refractivity contribution in [3.8, 4) is 11.5 Å². The molecule has 0 fully saturated rings. The number of likely N-dealkylation sites (N-methyl/N-ethyl adjacent to an activating group) is 1. The van der Waals surface area contributed by atoms with Crippen LogP contribution in [0.2, 0.25) is 0 Å². The largest absolute Gasteiger partial charge is 0.493 e. The fraction of sp³-hybridized carbons (Fsp3) is 0.476. The first-order valence-electron chi connectivity index (χ1n) is 9.65. The Labute approximate surface area is 167 Å². The molecule has 0 aliphatic rings. The molecule has 2 aromatic rings. The van der Waals surface area contributed by atoms with Crippen molar-refractivity contribution in [1.82, 2.24) is 10.2 Å². The summed E-state index contributed by atoms with van der Waals surface area (Å²) in [4.78, 5) is 6.83. The van der Waals surface area contributed by atoms with Crippen LogP contribution >= 0.6 is 0 Å². The van der Waals surface area contributed by atoms with Gasteiger partial charge in [0.15, 0.2) is 17.5 Å². The third-order valence-electron chi connectivity index (χ3n) is 4.73. The summed E-state index contributed by atoms with van der Waals surface area (Å²) in [5.74, 6) is 2.79. The summed E-state index contributed by atoms with van der Waals surface area (Å²) in [5, 5.41) is 3.18. The average Bonchev–Trinajstić information content (AvgIpc) is 3.25. The van der Waals surface area contributed by atoms with Crippen LogP contribution in [0.1, 0.15) is 31.2 Å². The van der Waals surface area contributed by atoms with Gasteiger partial charge >= 0.3 is 0 Å². The number of rotatable bonds is 11. The van der Waals surface area contributed by atoms with Crippen LogP contribution in [-0.4, -0.2) is 51.3 Å². The lowest BCUT2D eigenvalue weighted by Crippen LogP contribution is -2.35. The molecular formula is C21H32N4O3. The van der Waals surface area contributed by atoms with E-state index in [4.69, 9.17) is 19.6 Å². The Morgan fingerprint density at radius 3 is 2.54 bits per heavy atom. The van der Waals surface area contributed by atoms with Crippen molar-refractivity contribution in [2.24, 2.45) is 10.7 Å². The number of nitrogens with two attached hydrogens (primary N) is 1. The molecule has 0 saturated carbocycles. The molecular weight excluding hydrogens is 356 g/mol. The lowest BCUT2D eigenvalue weighted by molar-refractivity contribution is 0.198. The molecule has 1 aromatic heterocycles. The standard InChI is InChI=1S/C21H32N4O3/c1-5-25(6-2)17(18-8-7-13-28-18)15-24-21(22)23-12-11-16-9-10-19(26-3)20(14-16)27-4/h7-10,13-14,17H,5-6,11-12,15H2,1-4H3,(H3,22,23,24). The van der Waals surface area contributed by atoms with Crippen molar-refractivity contribution in [2.45, 2.75) is 26.3 Å². The van der Waals surface area contributed by atoms with E-state index in [1.165, 1.54) is 0 Å². The summed E-state index contributed by atoms with van der Waals surface area (Å²) in [5.41, 5.74) is 7.20. The maximum absolute atomic E-state index is 6.07. The normalized spacial score (nSPS) is 12.8. The van der Waals surface area contributed by atoms with Gasteiger partial charge < -0.3 is 24.9 Å². The van der Waals surface area contributed by atoms with E-state index < -0.39 is 0 Å². The van der Waals surface area contributed by atoms with Crippen molar-refractivity contribution in [1.29, 1.82) is 0 Å². The van der Waals surface area contributed by atoms with Gasteiger partial charge in [-0.3, -0.25) is 9.89 Å². The quantitative estimate of drug-likeness (QED) is 0.455. The van der Waals surface area contributed by atoms with Gasteiger partial charge in [0.25, 0.3) is 0 Å². The van der Waals surface area contributed by atoms with Crippen LogP contribution in [0, 0.1) is 0 Å². The molecule has 0 aliphatic carbocycles. The second-order valence-electron chi connectivity index (χ2n) is 6.34. The van der Waals surface area contributed by atoms with Gasteiger partial charge in [0.1, 0.15) is 5.76 Å². The zero-order valence-corrected chi connectivity index (χ0v) is 17.3. The first kappa shape index (κ1) is 21.6. The number of guanidine groups is 1. The van der Waals surface area contributed by atoms with Gasteiger partial charge in [-0.2, -0.15) is 0 Å². The highest BCUT2D eigenvalue weighted by Gasteiger charge is 2.20. The second kappa shape index (κ2) is 11.2. The number of hydrogen-bond donors (Lipinski definition) is 2. The minimum absolute atomic E-state index is 0.0798. The Morgan fingerprint density at radius 2 is 1.93 bits per heavy atom. The van der Waals surface area contributed by atoms with Crippen LogP contribution in [0.15, 0.2) is 46.0 Å². The van der Waals surface area contributed by atoms with Crippen LogP contribution in [-0.2, 0) is 6.42 Å². The van der Waals surface area contributed by atoms with Gasteiger partial charge in [-0.05, 0) is 49.3 Å². The number of benzene rings is 1. The smallest absolute Gasteiger partial charge is 0.188 e. The first-order valence-corrected chi connectivity index (χ1v) is 9.65. The molecule has 7 heteroatoms. The summed E-state index contributed by atoms with van der Waals surface area (Å²) >= 11 is 0. The van der Waals surface area contributed by atoms with Crippen molar-refractivity contribution in [3.63, 3.8) is 0 Å². The summed E-state index contributed by atoms with van der Waals surface area (Å²) in [7, 11) is 3.26. The highest BCUT2D eigenvalue weighted by Crippen LogP contribution is 2.27. The molecule has 154 valence electrons. The van der Waals surface area contributed by atoms with E-state index in [9.17, 15) is 0 Å². The molecule has 0 spiro atoms. The third kappa shape index (κ3) is 5.92. The van der Waals surface area contributed by atoms with Crippen molar-refractivity contribution < 1.29 is 13.9 Å². The van der Waals surface area contributed by atoms with E-state index in [1.54, 1.807) is 20.5 Å². The molecule has 0 bridgehead atoms. The number of hydrogen-bond acceptors (Lipinski definition) is 5. The Bertz CT molecular complexity index is 727. The fourth-order valence-electron chi connectivity index (χ4n) is 3.14. The minimum atomic E-state index is 0.0798. The second-order valence-corrected chi connectivity index (χ2v) is 6.34. The SMILES string of the molecule is CCN(CC)C(CN=C(N)NCCc1ccc(OC)c(OC)c1)c1ccco1. The van der Waals surface area contributed by atoms with E-state index in [2.05, 4.69) is 29.1 Å². The van der Waals surface area contributed by atoms with Gasteiger partial charge in [0, 0.05) is 6.54 Å². The first-order chi connectivity index (χ1) is 13.6. The van der Waals surface area contributed by atoms with Crippen molar-refractivity contribution in [3.05, 3.63) is 47.9 Å². The summed E-state index contributed by atoms with van der Waals surface area (Å²) in [6.45, 7) is 7.34. The predicted octanol–water partition coefficient (Wildman–Crippen LogP) is 2.83. The summed E-state index contributed by atoms with van der Waals surface area (Å²) < 4.78 is 16.2. The zero-order valence-electron chi connectivity index (χ0n) is 17.3. The van der Waals surface area contributed by atoms with Crippen LogP contribution in [0.25, 0.3) is 0 Å². The van der Waals surface area contributed by atoms with Crippen molar-refractivity contribution in [2.75, 3.05) is 40.4 Å². The number of ether oxygens (including phenoxy) is 2. The number of nitrogens with zero attached hydrogens (tertiary/aromatic N) is 2. The number of aliphatic imine (C=N–C) groups is 1. The van der Waals surface area contributed by atoms with E-state index in [0.717, 1.165) is 42.3 Å². The molecule has 7 nitrogen and oxygen atoms in total. The molecule has 1 unspecified atom stereocenters. The maximum atomic E-state index is 6.07. The fourth-order valence-corrected chi connectivity index (χ4v) is 3.14. The van der Waals surface area contributed by atoms with Gasteiger partial charge in [0.05, 0.1) is 33.1 Å². The lowest BCUT2D eigenvalue weighted by atomic mass is 10.1. The molecule has 1 heterocycles. The molecule has 0 amide bonds. The Kier molecular flexibility index (Phi) is 8.68. The van der Waals surface area contributed by atoms with Gasteiger partial charge in [-0.1, -0.05) is 19.9 Å². The minimum Gasteiger partial charge on any atom is -0.493 e. The zero-order chi connectivity index (χ0) is 20.4. The Morgan fingerprint density at radius 1 is 1.18 bits per heavy atom. The highest BCUT2D eigenvalue weighted by molar-refractivity contribution is 5.77. The Hall–Kier alpha value is -2.67. The monoisotopic (exact) mass is 388 g/mol. The van der Waals surface area contributed by atoms with Crippen LogP contribution in [0.4, 0.5) is 0 Å². The topological polar surface area (TPSA) is 85.2 Å². The van der Waals surface area contributed by atoms with Gasteiger partial charge in [0.2, 0.25) is 0 Å². The molecule has 2 rings (SSSR count). The predicted molar refractivity (Wildman–Crippen MR) is 112 cm³/mol. The molecule has 28 heavy (non-hydrogen) atoms. The molecule has 3 N–H and O–H groups in total. The Balaban J connectivity index is 1.91. The molecule has 0 radical (unpaired) electrons. The summed E-state index contributed by atoms with van der Waals surface area (Å²) in [6.07, 6.45) is 2.49. The molecule has 1 atom stereocenters. The van der Waals surface area contributed by atoms with Crippen LogP contribution < -0.4 is 20.5 Å². The third-order valence-corrected chi connectivity index (χ3v) is 4.73. The molecule has 1 aromatic carbocycles. The van der Waals surface area contributed by atoms with Gasteiger partial charge in [-0.15, -0.1) is 0 Å².